The van der Waals surface area contributed by atoms with Crippen LogP contribution in [-0.2, 0) is 4.74 Å². The number of pyridine rings is 1. The van der Waals surface area contributed by atoms with E-state index in [2.05, 4.69) is 19.8 Å². The normalized spacial score (nSPS) is 20.1. The van der Waals surface area contributed by atoms with Crippen molar-refractivity contribution < 1.29 is 4.74 Å². The molecule has 3 aliphatic rings. The highest BCUT2D eigenvalue weighted by Gasteiger charge is 2.28. The molecule has 5 heterocycles. The molecule has 0 aromatic carbocycles. The molecule has 2 aliphatic heterocycles. The molecule has 34 heavy (non-hydrogen) atoms. The largest absolute Gasteiger partial charge is 0.404 e. The first-order valence-corrected chi connectivity index (χ1v) is 12.1. The van der Waals surface area contributed by atoms with Crippen molar-refractivity contribution in [1.29, 1.82) is 0 Å². The van der Waals surface area contributed by atoms with E-state index in [1.807, 2.05) is 18.3 Å². The van der Waals surface area contributed by atoms with Crippen molar-refractivity contribution in [3.63, 3.8) is 0 Å². The second-order valence-electron chi connectivity index (χ2n) is 9.22. The Kier molecular flexibility index (Phi) is 5.72. The number of hydrogen-bond acceptors (Lipinski definition) is 8. The van der Waals surface area contributed by atoms with Crippen LogP contribution in [0.15, 0.2) is 41.9 Å². The topological polar surface area (TPSA) is 109 Å². The van der Waals surface area contributed by atoms with E-state index in [0.29, 0.717) is 19.2 Å². The van der Waals surface area contributed by atoms with Crippen molar-refractivity contribution >= 4 is 28.3 Å². The average Bonchev–Trinajstić information content (AvgIpc) is 3.62. The number of hydrogen-bond donors (Lipinski definition) is 2. The van der Waals surface area contributed by atoms with E-state index in [1.165, 1.54) is 12.8 Å². The molecule has 0 amide bonds. The van der Waals surface area contributed by atoms with Gasteiger partial charge in [0, 0.05) is 74.2 Å². The number of fused-ring (bicyclic) bond motifs is 1. The highest BCUT2D eigenvalue weighted by atomic mass is 16.5. The Morgan fingerprint density at radius 2 is 1.97 bits per heavy atom. The lowest BCUT2D eigenvalue weighted by Crippen LogP contribution is -2.38. The minimum atomic E-state index is 0.674. The fourth-order valence-electron chi connectivity index (χ4n) is 4.82. The first-order valence-electron chi connectivity index (χ1n) is 12.1. The molecule has 6 rings (SSSR count). The number of aromatic nitrogens is 4. The summed E-state index contributed by atoms with van der Waals surface area (Å²) in [6, 6.07) is 3.96. The summed E-state index contributed by atoms with van der Waals surface area (Å²) in [5.41, 5.74) is 12.8. The van der Waals surface area contributed by atoms with Crippen LogP contribution in [0.2, 0.25) is 0 Å². The summed E-state index contributed by atoms with van der Waals surface area (Å²) in [6.07, 6.45) is 9.96. The fourth-order valence-corrected chi connectivity index (χ4v) is 4.82. The zero-order chi connectivity index (χ0) is 22.9. The quantitative estimate of drug-likeness (QED) is 0.584. The maximum atomic E-state index is 6.22. The van der Waals surface area contributed by atoms with E-state index in [1.54, 1.807) is 18.6 Å². The van der Waals surface area contributed by atoms with E-state index in [9.17, 15) is 0 Å². The number of morpholine rings is 1. The molecule has 3 N–H and O–H groups in total. The number of aliphatic imine (C=N–C) groups is 1. The van der Waals surface area contributed by atoms with E-state index >= 15 is 0 Å². The Balaban J connectivity index is 1.42. The second kappa shape index (κ2) is 9.15. The number of anilines is 1. The molecule has 0 radical (unpaired) electrons. The molecule has 1 saturated heterocycles. The van der Waals surface area contributed by atoms with Gasteiger partial charge in [0.15, 0.2) is 0 Å². The number of nitrogens with zero attached hydrogens (tertiary/aromatic N) is 6. The van der Waals surface area contributed by atoms with Gasteiger partial charge in [0.05, 0.1) is 31.0 Å². The predicted molar refractivity (Wildman–Crippen MR) is 134 cm³/mol. The minimum absolute atomic E-state index is 0.674. The van der Waals surface area contributed by atoms with Crippen LogP contribution in [-0.4, -0.2) is 83.0 Å². The molecule has 176 valence electrons. The lowest BCUT2D eigenvalue weighted by Gasteiger charge is -2.28. The second-order valence-corrected chi connectivity index (χ2v) is 9.22. The smallest absolute Gasteiger partial charge is 0.226 e. The Hall–Kier alpha value is -3.30. The number of H-pyrrole nitrogens is 1. The number of nitrogens with one attached hydrogen (secondary N) is 1. The van der Waals surface area contributed by atoms with Gasteiger partial charge >= 0.3 is 0 Å². The fraction of sp³-hybridized carbons (Fsp3) is 0.440. The SMILES string of the molecule is NC=C(C1=NCCN(CC2CC2)C1)c1c[nH]c2c(-c3ccncc3)nc(N3CCOCC3)nc12. The van der Waals surface area contributed by atoms with E-state index in [-0.39, 0.29) is 0 Å². The maximum absolute atomic E-state index is 6.22. The highest BCUT2D eigenvalue weighted by molar-refractivity contribution is 6.27. The summed E-state index contributed by atoms with van der Waals surface area (Å²) in [7, 11) is 0. The standard InChI is InChI=1S/C25H30N8O/c26-13-19(21-16-32(8-7-28-21)15-17-1-2-17)20-14-29-24-22(18-3-5-27-6-4-18)30-25(31-23(20)24)33-9-11-34-12-10-33/h3-6,13-14,17,29H,1-2,7-12,15-16,26H2. The molecule has 3 aromatic heterocycles. The van der Waals surface area contributed by atoms with Gasteiger partial charge in [0.1, 0.15) is 11.2 Å². The number of aromatic amines is 1. The molecule has 3 aromatic rings. The first-order chi connectivity index (χ1) is 16.8. The predicted octanol–water partition coefficient (Wildman–Crippen LogP) is 2.32. The molecule has 0 unspecified atom stereocenters. The maximum Gasteiger partial charge on any atom is 0.226 e. The highest BCUT2D eigenvalue weighted by Crippen LogP contribution is 2.34. The number of nitrogens with two attached hydrogens (primary N) is 1. The number of ether oxygens (including phenoxy) is 1. The lowest BCUT2D eigenvalue weighted by molar-refractivity contribution is 0.122. The lowest BCUT2D eigenvalue weighted by atomic mass is 10.0. The monoisotopic (exact) mass is 458 g/mol. The van der Waals surface area contributed by atoms with Gasteiger partial charge in [-0.2, -0.15) is 0 Å². The van der Waals surface area contributed by atoms with Crippen LogP contribution in [0.1, 0.15) is 18.4 Å². The Morgan fingerprint density at radius 1 is 1.15 bits per heavy atom. The molecule has 1 aliphatic carbocycles. The summed E-state index contributed by atoms with van der Waals surface area (Å²) in [6.45, 7) is 6.68. The van der Waals surface area contributed by atoms with Crippen LogP contribution in [0.4, 0.5) is 5.95 Å². The van der Waals surface area contributed by atoms with Gasteiger partial charge in [0.25, 0.3) is 0 Å². The molecule has 9 nitrogen and oxygen atoms in total. The van der Waals surface area contributed by atoms with Crippen LogP contribution >= 0.6 is 0 Å². The van der Waals surface area contributed by atoms with Gasteiger partial charge in [0.2, 0.25) is 5.95 Å². The average molecular weight is 459 g/mol. The summed E-state index contributed by atoms with van der Waals surface area (Å²) in [5.74, 6) is 1.56. The Morgan fingerprint density at radius 3 is 2.74 bits per heavy atom. The summed E-state index contributed by atoms with van der Waals surface area (Å²) in [4.78, 5) is 27.2. The summed E-state index contributed by atoms with van der Waals surface area (Å²) in [5, 5.41) is 0. The van der Waals surface area contributed by atoms with Crippen LogP contribution in [0.25, 0.3) is 27.9 Å². The van der Waals surface area contributed by atoms with Gasteiger partial charge in [-0.1, -0.05) is 0 Å². The molecule has 1 saturated carbocycles. The van der Waals surface area contributed by atoms with Crippen LogP contribution < -0.4 is 10.6 Å². The van der Waals surface area contributed by atoms with Gasteiger partial charge < -0.3 is 20.4 Å². The van der Waals surface area contributed by atoms with Gasteiger partial charge in [-0.05, 0) is 30.9 Å². The first kappa shape index (κ1) is 21.2. The third-order valence-electron chi connectivity index (χ3n) is 6.83. The van der Waals surface area contributed by atoms with E-state index in [4.69, 9.17) is 25.4 Å². The Bertz CT molecular complexity index is 1220. The molecule has 0 atom stereocenters. The van der Waals surface area contributed by atoms with Gasteiger partial charge in [-0.15, -0.1) is 0 Å². The third kappa shape index (κ3) is 4.17. The third-order valence-corrected chi connectivity index (χ3v) is 6.83. The molecule has 0 bridgehead atoms. The van der Waals surface area contributed by atoms with Crippen molar-refractivity contribution in [2.24, 2.45) is 16.6 Å². The van der Waals surface area contributed by atoms with Gasteiger partial charge in [-0.3, -0.25) is 14.9 Å². The van der Waals surface area contributed by atoms with Crippen LogP contribution in [0, 0.1) is 5.92 Å². The van der Waals surface area contributed by atoms with Crippen molar-refractivity contribution in [3.8, 4) is 11.3 Å². The zero-order valence-corrected chi connectivity index (χ0v) is 19.3. The van der Waals surface area contributed by atoms with Crippen molar-refractivity contribution in [2.45, 2.75) is 12.8 Å². The number of rotatable bonds is 6. The minimum Gasteiger partial charge on any atom is -0.404 e. The van der Waals surface area contributed by atoms with Gasteiger partial charge in [-0.25, -0.2) is 9.97 Å². The molecule has 0 spiro atoms. The molecular formula is C25H30N8O. The van der Waals surface area contributed by atoms with Crippen molar-refractivity contribution in [2.75, 3.05) is 57.4 Å². The summed E-state index contributed by atoms with van der Waals surface area (Å²) < 4.78 is 5.55. The molecule has 2 fully saturated rings. The van der Waals surface area contributed by atoms with E-state index in [0.717, 1.165) is 84.3 Å². The van der Waals surface area contributed by atoms with Crippen molar-refractivity contribution in [1.82, 2.24) is 24.8 Å². The van der Waals surface area contributed by atoms with Crippen LogP contribution in [0.5, 0.6) is 0 Å². The Labute approximate surface area is 198 Å². The zero-order valence-electron chi connectivity index (χ0n) is 19.3. The van der Waals surface area contributed by atoms with Crippen molar-refractivity contribution in [3.05, 3.63) is 42.5 Å². The van der Waals surface area contributed by atoms with Crippen LogP contribution in [0.3, 0.4) is 0 Å². The summed E-state index contributed by atoms with van der Waals surface area (Å²) >= 11 is 0. The molecular weight excluding hydrogens is 428 g/mol. The van der Waals surface area contributed by atoms with E-state index < -0.39 is 0 Å². The molecule has 9 heteroatoms.